The minimum Gasteiger partial charge on any atom is -0.361 e. The second-order valence-corrected chi connectivity index (χ2v) is 5.10. The van der Waals surface area contributed by atoms with Gasteiger partial charge in [0, 0.05) is 17.3 Å². The van der Waals surface area contributed by atoms with E-state index >= 15 is 0 Å². The largest absolute Gasteiger partial charge is 0.361 e. The van der Waals surface area contributed by atoms with E-state index in [1.165, 1.54) is 12.8 Å². The maximum absolute atomic E-state index is 5.95. The number of aromatic nitrogens is 2. The van der Waals surface area contributed by atoms with E-state index in [2.05, 4.69) is 27.6 Å². The number of benzene rings is 1. The summed E-state index contributed by atoms with van der Waals surface area (Å²) in [5.74, 6) is 0.862. The van der Waals surface area contributed by atoms with E-state index in [1.807, 2.05) is 12.1 Å². The molecule has 0 aliphatic heterocycles. The van der Waals surface area contributed by atoms with Crippen molar-refractivity contribution in [3.05, 3.63) is 30.5 Å². The molecule has 4 heteroatoms. The van der Waals surface area contributed by atoms with Crippen molar-refractivity contribution in [2.24, 2.45) is 5.73 Å². The molecule has 94 valence electrons. The highest BCUT2D eigenvalue weighted by Gasteiger charge is 2.32. The Kier molecular flexibility index (Phi) is 2.88. The van der Waals surface area contributed by atoms with Crippen molar-refractivity contribution >= 4 is 16.6 Å². The minimum absolute atomic E-state index is 0.0127. The number of fused-ring (bicyclic) bond motifs is 1. The van der Waals surface area contributed by atoms with Gasteiger partial charge in [-0.3, -0.25) is 0 Å². The van der Waals surface area contributed by atoms with Gasteiger partial charge in [-0.15, -0.1) is 5.10 Å². The molecule has 0 atom stereocenters. The van der Waals surface area contributed by atoms with Crippen molar-refractivity contribution in [1.82, 2.24) is 10.2 Å². The zero-order valence-electron chi connectivity index (χ0n) is 10.4. The van der Waals surface area contributed by atoms with Crippen molar-refractivity contribution in [3.8, 4) is 0 Å². The summed E-state index contributed by atoms with van der Waals surface area (Å²) in [7, 11) is 0. The molecule has 0 saturated heterocycles. The van der Waals surface area contributed by atoms with Gasteiger partial charge in [0.15, 0.2) is 5.82 Å². The van der Waals surface area contributed by atoms with E-state index in [1.54, 1.807) is 6.20 Å². The zero-order chi connectivity index (χ0) is 12.4. The lowest BCUT2D eigenvalue weighted by Crippen LogP contribution is -2.43. The fraction of sp³-hybridized carbons (Fsp3) is 0.429. The molecule has 0 amide bonds. The molecule has 0 unspecified atom stereocenters. The van der Waals surface area contributed by atoms with Crippen molar-refractivity contribution in [3.63, 3.8) is 0 Å². The lowest BCUT2D eigenvalue weighted by atomic mass is 9.97. The molecule has 0 spiro atoms. The van der Waals surface area contributed by atoms with Crippen molar-refractivity contribution in [2.45, 2.75) is 31.2 Å². The number of anilines is 1. The normalized spacial score (nSPS) is 18.1. The molecule has 0 radical (unpaired) electrons. The van der Waals surface area contributed by atoms with Gasteiger partial charge in [-0.05, 0) is 12.8 Å². The van der Waals surface area contributed by atoms with Crippen LogP contribution in [0.2, 0.25) is 0 Å². The van der Waals surface area contributed by atoms with E-state index in [0.717, 1.165) is 29.4 Å². The highest BCUT2D eigenvalue weighted by atomic mass is 15.2. The Labute approximate surface area is 107 Å². The Morgan fingerprint density at radius 1 is 1.22 bits per heavy atom. The third-order valence-corrected chi connectivity index (χ3v) is 3.91. The summed E-state index contributed by atoms with van der Waals surface area (Å²) in [5.41, 5.74) is 5.96. The average molecular weight is 242 g/mol. The predicted molar refractivity (Wildman–Crippen MR) is 73.4 cm³/mol. The van der Waals surface area contributed by atoms with E-state index < -0.39 is 0 Å². The molecular weight excluding hydrogens is 224 g/mol. The molecule has 2 aromatic rings. The lowest BCUT2D eigenvalue weighted by Gasteiger charge is -2.29. The van der Waals surface area contributed by atoms with Gasteiger partial charge in [0.05, 0.1) is 11.7 Å². The fourth-order valence-electron chi connectivity index (χ4n) is 2.80. The zero-order valence-corrected chi connectivity index (χ0v) is 10.4. The molecule has 3 N–H and O–H groups in total. The molecule has 1 aromatic heterocycles. The van der Waals surface area contributed by atoms with Crippen LogP contribution >= 0.6 is 0 Å². The van der Waals surface area contributed by atoms with Gasteiger partial charge in [0.25, 0.3) is 0 Å². The summed E-state index contributed by atoms with van der Waals surface area (Å²) >= 11 is 0. The first-order valence-electron chi connectivity index (χ1n) is 6.52. The van der Waals surface area contributed by atoms with Crippen molar-refractivity contribution in [2.75, 3.05) is 11.9 Å². The first-order valence-corrected chi connectivity index (χ1v) is 6.52. The Bertz CT molecular complexity index is 541. The molecule has 18 heavy (non-hydrogen) atoms. The standard InChI is InChI=1S/C14H18N4/c15-10-14(7-3-4-8-14)17-13-12-6-2-1-5-11(12)9-16-18-13/h1-2,5-6,9H,3-4,7-8,10,15H2,(H,17,18). The van der Waals surface area contributed by atoms with Gasteiger partial charge < -0.3 is 11.1 Å². The fourth-order valence-corrected chi connectivity index (χ4v) is 2.80. The Balaban J connectivity index is 1.99. The van der Waals surface area contributed by atoms with Crippen LogP contribution in [-0.4, -0.2) is 22.3 Å². The number of nitrogens with one attached hydrogen (secondary N) is 1. The molecule has 1 aliphatic rings. The van der Waals surface area contributed by atoms with Gasteiger partial charge in [-0.1, -0.05) is 37.1 Å². The maximum Gasteiger partial charge on any atom is 0.157 e. The Morgan fingerprint density at radius 2 is 2.00 bits per heavy atom. The maximum atomic E-state index is 5.95. The molecule has 0 bridgehead atoms. The molecule has 4 nitrogen and oxygen atoms in total. The smallest absolute Gasteiger partial charge is 0.157 e. The summed E-state index contributed by atoms with van der Waals surface area (Å²) in [5, 5.41) is 14.1. The average Bonchev–Trinajstić information content (AvgIpc) is 2.88. The van der Waals surface area contributed by atoms with Crippen LogP contribution in [0.1, 0.15) is 25.7 Å². The highest BCUT2D eigenvalue weighted by Crippen LogP contribution is 2.33. The van der Waals surface area contributed by atoms with E-state index in [-0.39, 0.29) is 5.54 Å². The van der Waals surface area contributed by atoms with Crippen molar-refractivity contribution in [1.29, 1.82) is 0 Å². The van der Waals surface area contributed by atoms with Gasteiger partial charge in [-0.25, -0.2) is 0 Å². The molecule has 1 fully saturated rings. The SMILES string of the molecule is NCC1(Nc2nncc3ccccc23)CCCC1. The predicted octanol–water partition coefficient (Wildman–Crippen LogP) is 2.31. The molecule has 1 aromatic carbocycles. The van der Waals surface area contributed by atoms with Gasteiger partial charge >= 0.3 is 0 Å². The second-order valence-electron chi connectivity index (χ2n) is 5.10. The number of nitrogens with two attached hydrogens (primary N) is 1. The first-order chi connectivity index (χ1) is 8.83. The molecular formula is C14H18N4. The third-order valence-electron chi connectivity index (χ3n) is 3.91. The first kappa shape index (κ1) is 11.4. The van der Waals surface area contributed by atoms with E-state index in [4.69, 9.17) is 5.73 Å². The Hall–Kier alpha value is -1.68. The van der Waals surface area contributed by atoms with Crippen LogP contribution in [0.5, 0.6) is 0 Å². The number of nitrogens with zero attached hydrogens (tertiary/aromatic N) is 2. The second kappa shape index (κ2) is 4.53. The van der Waals surface area contributed by atoms with Gasteiger partial charge in [0.2, 0.25) is 0 Å². The van der Waals surface area contributed by atoms with Crippen LogP contribution in [0.4, 0.5) is 5.82 Å². The third kappa shape index (κ3) is 1.93. The van der Waals surface area contributed by atoms with E-state index in [0.29, 0.717) is 6.54 Å². The quantitative estimate of drug-likeness (QED) is 0.867. The summed E-state index contributed by atoms with van der Waals surface area (Å²) in [6, 6.07) is 8.17. The molecule has 1 saturated carbocycles. The van der Waals surface area contributed by atoms with Gasteiger partial charge in [-0.2, -0.15) is 5.10 Å². The van der Waals surface area contributed by atoms with Crippen LogP contribution in [-0.2, 0) is 0 Å². The summed E-state index contributed by atoms with van der Waals surface area (Å²) in [6.07, 6.45) is 6.51. The Morgan fingerprint density at radius 3 is 2.78 bits per heavy atom. The number of hydrogen-bond acceptors (Lipinski definition) is 4. The van der Waals surface area contributed by atoms with Crippen LogP contribution in [0, 0.1) is 0 Å². The van der Waals surface area contributed by atoms with Gasteiger partial charge in [0.1, 0.15) is 0 Å². The highest BCUT2D eigenvalue weighted by molar-refractivity contribution is 5.91. The van der Waals surface area contributed by atoms with Crippen molar-refractivity contribution < 1.29 is 0 Å². The van der Waals surface area contributed by atoms with E-state index in [9.17, 15) is 0 Å². The molecule has 1 aliphatic carbocycles. The minimum atomic E-state index is 0.0127. The summed E-state index contributed by atoms with van der Waals surface area (Å²) in [4.78, 5) is 0. The number of hydrogen-bond donors (Lipinski definition) is 2. The topological polar surface area (TPSA) is 63.8 Å². The lowest BCUT2D eigenvalue weighted by molar-refractivity contribution is 0.491. The number of rotatable bonds is 3. The summed E-state index contributed by atoms with van der Waals surface area (Å²) < 4.78 is 0. The van der Waals surface area contributed by atoms with Crippen LogP contribution in [0.3, 0.4) is 0 Å². The molecule has 1 heterocycles. The molecule has 3 rings (SSSR count). The monoisotopic (exact) mass is 242 g/mol. The van der Waals surface area contributed by atoms with Crippen LogP contribution < -0.4 is 11.1 Å². The van der Waals surface area contributed by atoms with Crippen LogP contribution in [0.15, 0.2) is 30.5 Å². The van der Waals surface area contributed by atoms with Crippen LogP contribution in [0.25, 0.3) is 10.8 Å². The summed E-state index contributed by atoms with van der Waals surface area (Å²) in [6.45, 7) is 0.651.